The standard InChI is InChI=1S/C20H30N2O8SSi/c1-6-9-19(20(23)24)21(15-14-16(4)32(5,29-7-2)30-8-3)31(27,28)18-12-10-17(11-13-18)22(25)26/h6,10-13,19H,1,4,7-9,14-15H2,2-3,5H3,(H,23,24)/t19-/m0/s1. The van der Waals surface area contributed by atoms with Gasteiger partial charge in [-0.05, 0) is 50.6 Å². The maximum absolute atomic E-state index is 13.3. The lowest BCUT2D eigenvalue weighted by molar-refractivity contribution is -0.384. The van der Waals surface area contributed by atoms with Crippen LogP contribution in [0.1, 0.15) is 26.7 Å². The Bertz CT molecular complexity index is 927. The molecular weight excluding hydrogens is 456 g/mol. The van der Waals surface area contributed by atoms with E-state index in [0.717, 1.165) is 28.6 Å². The highest BCUT2D eigenvalue weighted by molar-refractivity contribution is 7.89. The molecule has 0 aliphatic rings. The third kappa shape index (κ3) is 6.81. The molecule has 1 aromatic carbocycles. The quantitative estimate of drug-likeness (QED) is 0.173. The molecule has 0 aromatic heterocycles. The molecule has 0 spiro atoms. The van der Waals surface area contributed by atoms with Crippen molar-refractivity contribution in [3.05, 3.63) is 58.8 Å². The van der Waals surface area contributed by atoms with Crippen molar-refractivity contribution in [1.82, 2.24) is 4.31 Å². The second kappa shape index (κ2) is 12.0. The molecule has 0 unspecified atom stereocenters. The number of non-ortho nitro benzene ring substituents is 1. The van der Waals surface area contributed by atoms with E-state index in [4.69, 9.17) is 8.85 Å². The fourth-order valence-electron chi connectivity index (χ4n) is 3.09. The summed E-state index contributed by atoms with van der Waals surface area (Å²) in [4.78, 5) is 21.9. The van der Waals surface area contributed by atoms with E-state index < -0.39 is 35.5 Å². The van der Waals surface area contributed by atoms with Crippen molar-refractivity contribution in [2.24, 2.45) is 0 Å². The lowest BCUT2D eigenvalue weighted by Gasteiger charge is -2.31. The van der Waals surface area contributed by atoms with Crippen LogP contribution >= 0.6 is 0 Å². The fourth-order valence-corrected chi connectivity index (χ4v) is 6.84. The Hall–Kier alpha value is -2.38. The van der Waals surface area contributed by atoms with Crippen molar-refractivity contribution >= 4 is 30.2 Å². The van der Waals surface area contributed by atoms with Gasteiger partial charge >= 0.3 is 14.5 Å². The van der Waals surface area contributed by atoms with Crippen molar-refractivity contribution < 1.29 is 32.1 Å². The van der Waals surface area contributed by atoms with Crippen LogP contribution in [-0.4, -0.2) is 63.1 Å². The molecule has 0 fully saturated rings. The van der Waals surface area contributed by atoms with E-state index in [1.54, 1.807) is 6.55 Å². The summed E-state index contributed by atoms with van der Waals surface area (Å²) < 4.78 is 39.1. The summed E-state index contributed by atoms with van der Waals surface area (Å²) in [6.45, 7) is 13.6. The largest absolute Gasteiger partial charge is 0.480 e. The zero-order valence-electron chi connectivity index (χ0n) is 18.5. The van der Waals surface area contributed by atoms with Crippen molar-refractivity contribution in [1.29, 1.82) is 0 Å². The minimum Gasteiger partial charge on any atom is -0.480 e. The van der Waals surface area contributed by atoms with Crippen LogP contribution in [-0.2, 0) is 23.7 Å². The van der Waals surface area contributed by atoms with E-state index >= 15 is 0 Å². The van der Waals surface area contributed by atoms with Gasteiger partial charge in [0.25, 0.3) is 5.69 Å². The maximum atomic E-state index is 13.3. The van der Waals surface area contributed by atoms with Crippen LogP contribution in [0.5, 0.6) is 0 Å². The van der Waals surface area contributed by atoms with Crippen LogP contribution in [0.2, 0.25) is 6.55 Å². The van der Waals surface area contributed by atoms with Crippen LogP contribution in [0.4, 0.5) is 5.69 Å². The molecule has 0 bridgehead atoms. The highest BCUT2D eigenvalue weighted by Crippen LogP contribution is 2.26. The third-order valence-electron chi connectivity index (χ3n) is 4.79. The fraction of sp³-hybridized carbons (Fsp3) is 0.450. The molecule has 12 heteroatoms. The first kappa shape index (κ1) is 27.7. The first-order valence-corrected chi connectivity index (χ1v) is 13.8. The molecule has 0 amide bonds. The number of sulfonamides is 1. The number of aliphatic carboxylic acids is 1. The predicted octanol–water partition coefficient (Wildman–Crippen LogP) is 3.25. The Labute approximate surface area is 189 Å². The van der Waals surface area contributed by atoms with E-state index in [9.17, 15) is 28.4 Å². The molecule has 0 aliphatic heterocycles. The van der Waals surface area contributed by atoms with Gasteiger partial charge in [-0.15, -0.1) is 6.58 Å². The number of carboxylic acid groups (broad SMARTS) is 1. The molecule has 0 heterocycles. The second-order valence-corrected chi connectivity index (χ2v) is 12.0. The third-order valence-corrected chi connectivity index (χ3v) is 9.93. The number of nitro benzene ring substituents is 1. The van der Waals surface area contributed by atoms with Gasteiger partial charge in [0.15, 0.2) is 0 Å². The molecule has 0 saturated heterocycles. The van der Waals surface area contributed by atoms with E-state index in [0.29, 0.717) is 18.4 Å². The second-order valence-electron chi connectivity index (χ2n) is 6.91. The molecule has 10 nitrogen and oxygen atoms in total. The SMILES string of the molecule is C=CC[C@@H](C(=O)O)N(CCC(=C)[Si](C)(OCC)OCC)S(=O)(=O)c1ccc([N+](=O)[O-])cc1. The van der Waals surface area contributed by atoms with Crippen molar-refractivity contribution in [3.8, 4) is 0 Å². The number of hydrogen-bond donors (Lipinski definition) is 1. The van der Waals surface area contributed by atoms with E-state index in [2.05, 4.69) is 13.2 Å². The van der Waals surface area contributed by atoms with Gasteiger partial charge in [0.1, 0.15) is 6.04 Å². The molecule has 1 aromatic rings. The topological polar surface area (TPSA) is 136 Å². The van der Waals surface area contributed by atoms with Crippen LogP contribution in [0.3, 0.4) is 0 Å². The zero-order valence-corrected chi connectivity index (χ0v) is 20.3. The van der Waals surface area contributed by atoms with Crippen LogP contribution < -0.4 is 0 Å². The summed E-state index contributed by atoms with van der Waals surface area (Å²) in [6.07, 6.45) is 1.32. The molecule has 1 N–H and O–H groups in total. The minimum absolute atomic E-state index is 0.121. The molecular formula is C20H30N2O8SSi. The van der Waals surface area contributed by atoms with E-state index in [-0.39, 0.29) is 30.0 Å². The Kier molecular flexibility index (Phi) is 10.4. The lowest BCUT2D eigenvalue weighted by Crippen LogP contribution is -2.47. The van der Waals surface area contributed by atoms with E-state index in [1.807, 2.05) is 13.8 Å². The Morgan fingerprint density at radius 2 is 1.81 bits per heavy atom. The van der Waals surface area contributed by atoms with Crippen molar-refractivity contribution in [2.75, 3.05) is 19.8 Å². The first-order valence-electron chi connectivity index (χ1n) is 10.0. The summed E-state index contributed by atoms with van der Waals surface area (Å²) in [7, 11) is -7.12. The Balaban J connectivity index is 3.33. The number of carbonyl (C=O) groups is 1. The monoisotopic (exact) mass is 486 g/mol. The number of nitrogens with zero attached hydrogens (tertiary/aromatic N) is 2. The van der Waals surface area contributed by atoms with Gasteiger partial charge in [-0.2, -0.15) is 4.31 Å². The Morgan fingerprint density at radius 1 is 1.28 bits per heavy atom. The van der Waals surface area contributed by atoms with Gasteiger partial charge in [0.2, 0.25) is 10.0 Å². The van der Waals surface area contributed by atoms with Crippen LogP contribution in [0, 0.1) is 10.1 Å². The molecule has 1 rings (SSSR count). The molecule has 0 aliphatic carbocycles. The highest BCUT2D eigenvalue weighted by atomic mass is 32.2. The van der Waals surface area contributed by atoms with Gasteiger partial charge < -0.3 is 14.0 Å². The average molecular weight is 487 g/mol. The summed E-state index contributed by atoms with van der Waals surface area (Å²) in [6, 6.07) is 2.87. The van der Waals surface area contributed by atoms with Crippen molar-refractivity contribution in [2.45, 2.75) is 44.2 Å². The lowest BCUT2D eigenvalue weighted by atomic mass is 10.2. The smallest absolute Gasteiger partial charge is 0.364 e. The number of nitro groups is 1. The molecule has 0 radical (unpaired) electrons. The van der Waals surface area contributed by atoms with Gasteiger partial charge in [-0.25, -0.2) is 8.42 Å². The van der Waals surface area contributed by atoms with Gasteiger partial charge in [0, 0.05) is 31.9 Å². The van der Waals surface area contributed by atoms with Crippen LogP contribution in [0.15, 0.2) is 53.6 Å². The van der Waals surface area contributed by atoms with Crippen molar-refractivity contribution in [3.63, 3.8) is 0 Å². The predicted molar refractivity (Wildman–Crippen MR) is 122 cm³/mol. The number of rotatable bonds is 15. The van der Waals surface area contributed by atoms with Gasteiger partial charge in [-0.3, -0.25) is 14.9 Å². The summed E-state index contributed by atoms with van der Waals surface area (Å²) >= 11 is 0. The number of benzene rings is 1. The Morgan fingerprint density at radius 3 is 2.22 bits per heavy atom. The summed E-state index contributed by atoms with van der Waals surface area (Å²) in [5.74, 6) is -1.34. The first-order chi connectivity index (χ1) is 14.9. The summed E-state index contributed by atoms with van der Waals surface area (Å²) in [5.41, 5.74) is -0.278. The van der Waals surface area contributed by atoms with Gasteiger partial charge in [-0.1, -0.05) is 12.7 Å². The molecule has 0 saturated carbocycles. The highest BCUT2D eigenvalue weighted by Gasteiger charge is 2.38. The maximum Gasteiger partial charge on any atom is 0.364 e. The van der Waals surface area contributed by atoms with Crippen LogP contribution in [0.25, 0.3) is 0 Å². The molecule has 32 heavy (non-hydrogen) atoms. The summed E-state index contributed by atoms with van der Waals surface area (Å²) in [5, 5.41) is 21.1. The molecule has 178 valence electrons. The van der Waals surface area contributed by atoms with Gasteiger partial charge in [0.05, 0.1) is 9.82 Å². The number of hydrogen-bond acceptors (Lipinski definition) is 7. The van der Waals surface area contributed by atoms with E-state index in [1.165, 1.54) is 6.08 Å². The number of carboxylic acids is 1. The molecule has 1 atom stereocenters. The average Bonchev–Trinajstić information content (AvgIpc) is 2.73. The normalized spacial score (nSPS) is 13.0. The minimum atomic E-state index is -4.30. The zero-order chi connectivity index (χ0) is 24.5.